The minimum atomic E-state index is -0.556. The predicted molar refractivity (Wildman–Crippen MR) is 121 cm³/mol. The molecule has 0 aliphatic carbocycles. The Morgan fingerprint density at radius 1 is 1.09 bits per heavy atom. The maximum atomic E-state index is 13.5. The number of carbonyl (C=O) groups is 1. The van der Waals surface area contributed by atoms with Gasteiger partial charge in [0.2, 0.25) is 5.76 Å². The molecule has 3 aromatic rings. The first-order valence-corrected chi connectivity index (χ1v) is 11.0. The fourth-order valence-corrected chi connectivity index (χ4v) is 4.65. The van der Waals surface area contributed by atoms with Gasteiger partial charge in [-0.3, -0.25) is 14.5 Å². The largest absolute Gasteiger partial charge is 0.497 e. The molecule has 2 aliphatic heterocycles. The Hall–Kier alpha value is -2.87. The van der Waals surface area contributed by atoms with Crippen LogP contribution in [-0.2, 0) is 4.74 Å². The van der Waals surface area contributed by atoms with E-state index in [9.17, 15) is 9.59 Å². The topological polar surface area (TPSA) is 72.2 Å². The fraction of sp³-hybridized carbons (Fsp3) is 0.333. The van der Waals surface area contributed by atoms with Crippen molar-refractivity contribution < 1.29 is 18.7 Å². The molecule has 8 heteroatoms. The minimum absolute atomic E-state index is 0.0858. The Bertz CT molecular complexity index is 1230. The molecule has 0 spiro atoms. The van der Waals surface area contributed by atoms with Crippen molar-refractivity contribution in [2.45, 2.75) is 6.04 Å². The van der Waals surface area contributed by atoms with E-state index in [-0.39, 0.29) is 17.1 Å². The standard InChI is InChI=1S/C24H23ClN2O5/c1-30-17-5-6-18-19(14-17)32-23-20(22(18)28)21(15-3-2-4-16(25)13-15)27(24(23)29)8-7-26-9-11-31-12-10-26/h2-6,13-14,21H,7-12H2,1H3/t21-/m0/s1. The van der Waals surface area contributed by atoms with Gasteiger partial charge in [0.05, 0.1) is 37.3 Å². The summed E-state index contributed by atoms with van der Waals surface area (Å²) in [5.74, 6) is 0.351. The van der Waals surface area contributed by atoms with Crippen molar-refractivity contribution in [2.24, 2.45) is 0 Å². The number of hydrogen-bond acceptors (Lipinski definition) is 6. The van der Waals surface area contributed by atoms with E-state index < -0.39 is 6.04 Å². The number of amides is 1. The molecule has 7 nitrogen and oxygen atoms in total. The zero-order chi connectivity index (χ0) is 22.2. The van der Waals surface area contributed by atoms with E-state index in [4.69, 9.17) is 25.5 Å². The second-order valence-electron chi connectivity index (χ2n) is 7.95. The fourth-order valence-electron chi connectivity index (χ4n) is 4.45. The van der Waals surface area contributed by atoms with Crippen molar-refractivity contribution in [1.82, 2.24) is 9.80 Å². The summed E-state index contributed by atoms with van der Waals surface area (Å²) in [5, 5.41) is 0.964. The van der Waals surface area contributed by atoms with Gasteiger partial charge in [0.1, 0.15) is 11.3 Å². The molecule has 2 aliphatic rings. The average Bonchev–Trinajstić information content (AvgIpc) is 3.10. The van der Waals surface area contributed by atoms with Crippen molar-refractivity contribution in [1.29, 1.82) is 0 Å². The van der Waals surface area contributed by atoms with E-state index in [2.05, 4.69) is 4.90 Å². The van der Waals surface area contributed by atoms with E-state index in [1.54, 1.807) is 42.3 Å². The minimum Gasteiger partial charge on any atom is -0.497 e. The Balaban J connectivity index is 1.61. The van der Waals surface area contributed by atoms with E-state index in [1.165, 1.54) is 0 Å². The lowest BCUT2D eigenvalue weighted by Gasteiger charge is -2.31. The van der Waals surface area contributed by atoms with E-state index in [1.807, 2.05) is 12.1 Å². The molecule has 2 aromatic carbocycles. The smallest absolute Gasteiger partial charge is 0.290 e. The van der Waals surface area contributed by atoms with Crippen LogP contribution in [0.1, 0.15) is 27.7 Å². The summed E-state index contributed by atoms with van der Waals surface area (Å²) in [6, 6.07) is 11.8. The van der Waals surface area contributed by atoms with Crippen LogP contribution in [0.5, 0.6) is 5.75 Å². The molecule has 0 saturated carbocycles. The number of ether oxygens (including phenoxy) is 2. The van der Waals surface area contributed by atoms with Crippen LogP contribution in [0.4, 0.5) is 0 Å². The molecule has 1 fully saturated rings. The van der Waals surface area contributed by atoms with Crippen molar-refractivity contribution in [2.75, 3.05) is 46.5 Å². The zero-order valence-electron chi connectivity index (χ0n) is 17.7. The highest BCUT2D eigenvalue weighted by Crippen LogP contribution is 2.39. The monoisotopic (exact) mass is 454 g/mol. The highest BCUT2D eigenvalue weighted by Gasteiger charge is 2.42. The summed E-state index contributed by atoms with van der Waals surface area (Å²) in [4.78, 5) is 31.0. The van der Waals surface area contributed by atoms with Gasteiger partial charge in [-0.15, -0.1) is 0 Å². The molecule has 3 heterocycles. The van der Waals surface area contributed by atoms with E-state index >= 15 is 0 Å². The van der Waals surface area contributed by atoms with Crippen molar-refractivity contribution >= 4 is 28.5 Å². The second-order valence-corrected chi connectivity index (χ2v) is 8.38. The quantitative estimate of drug-likeness (QED) is 0.589. The summed E-state index contributed by atoms with van der Waals surface area (Å²) in [5.41, 5.74) is 1.26. The van der Waals surface area contributed by atoms with Gasteiger partial charge in [0, 0.05) is 37.3 Å². The van der Waals surface area contributed by atoms with Crippen molar-refractivity contribution in [3.05, 3.63) is 74.6 Å². The van der Waals surface area contributed by atoms with Gasteiger partial charge in [0.15, 0.2) is 5.43 Å². The van der Waals surface area contributed by atoms with Gasteiger partial charge < -0.3 is 18.8 Å². The summed E-state index contributed by atoms with van der Waals surface area (Å²) in [7, 11) is 1.54. The van der Waals surface area contributed by atoms with Crippen LogP contribution in [-0.4, -0.2) is 62.2 Å². The Labute approximate surface area is 190 Å². The molecule has 0 bridgehead atoms. The summed E-state index contributed by atoms with van der Waals surface area (Å²) in [6.07, 6.45) is 0. The molecule has 0 N–H and O–H groups in total. The molecule has 5 rings (SSSR count). The Morgan fingerprint density at radius 3 is 2.66 bits per heavy atom. The van der Waals surface area contributed by atoms with Gasteiger partial charge >= 0.3 is 0 Å². The van der Waals surface area contributed by atoms with Crippen LogP contribution in [0.25, 0.3) is 11.0 Å². The number of hydrogen-bond donors (Lipinski definition) is 0. The van der Waals surface area contributed by atoms with E-state index in [0.29, 0.717) is 53.6 Å². The first-order chi connectivity index (χ1) is 15.6. The third-order valence-corrected chi connectivity index (χ3v) is 6.34. The molecule has 166 valence electrons. The lowest BCUT2D eigenvalue weighted by Crippen LogP contribution is -2.42. The SMILES string of the molecule is COc1ccc2c(=O)c3c(oc2c1)C(=O)N(CCN1CCOCC1)[C@H]3c1cccc(Cl)c1. The average molecular weight is 455 g/mol. The van der Waals surface area contributed by atoms with Gasteiger partial charge in [-0.05, 0) is 29.8 Å². The number of rotatable bonds is 5. The molecular formula is C24H23ClN2O5. The van der Waals surface area contributed by atoms with Crippen LogP contribution in [0.3, 0.4) is 0 Å². The number of morpholine rings is 1. The summed E-state index contributed by atoms with van der Waals surface area (Å²) >= 11 is 6.26. The molecule has 1 aromatic heterocycles. The molecule has 0 unspecified atom stereocenters. The molecule has 32 heavy (non-hydrogen) atoms. The first kappa shape index (κ1) is 21.0. The second kappa shape index (κ2) is 8.58. The summed E-state index contributed by atoms with van der Waals surface area (Å²) in [6.45, 7) is 4.13. The normalized spacial score (nSPS) is 18.9. The number of benzene rings is 2. The van der Waals surface area contributed by atoms with Crippen molar-refractivity contribution in [3.63, 3.8) is 0 Å². The van der Waals surface area contributed by atoms with Crippen LogP contribution >= 0.6 is 11.6 Å². The maximum Gasteiger partial charge on any atom is 0.290 e. The van der Waals surface area contributed by atoms with Gasteiger partial charge in [-0.1, -0.05) is 23.7 Å². The van der Waals surface area contributed by atoms with Gasteiger partial charge in [0.25, 0.3) is 5.91 Å². The lowest BCUT2D eigenvalue weighted by atomic mass is 9.98. The zero-order valence-corrected chi connectivity index (χ0v) is 18.4. The third-order valence-electron chi connectivity index (χ3n) is 6.10. The van der Waals surface area contributed by atoms with Crippen LogP contribution in [0.2, 0.25) is 5.02 Å². The number of nitrogens with zero attached hydrogens (tertiary/aromatic N) is 2. The predicted octanol–water partition coefficient (Wildman–Crippen LogP) is 3.33. The van der Waals surface area contributed by atoms with Crippen LogP contribution < -0.4 is 10.2 Å². The number of halogens is 1. The lowest BCUT2D eigenvalue weighted by molar-refractivity contribution is 0.0314. The van der Waals surface area contributed by atoms with Crippen molar-refractivity contribution in [3.8, 4) is 5.75 Å². The Morgan fingerprint density at radius 2 is 1.91 bits per heavy atom. The molecule has 1 amide bonds. The van der Waals surface area contributed by atoms with E-state index in [0.717, 1.165) is 18.7 Å². The molecule has 1 saturated heterocycles. The highest BCUT2D eigenvalue weighted by molar-refractivity contribution is 6.30. The molecular weight excluding hydrogens is 432 g/mol. The highest BCUT2D eigenvalue weighted by atomic mass is 35.5. The third kappa shape index (κ3) is 3.66. The van der Waals surface area contributed by atoms with Gasteiger partial charge in [-0.2, -0.15) is 0 Å². The van der Waals surface area contributed by atoms with Crippen LogP contribution in [0, 0.1) is 0 Å². The summed E-state index contributed by atoms with van der Waals surface area (Å²) < 4.78 is 16.7. The molecule has 1 atom stereocenters. The number of methoxy groups -OCH3 is 1. The first-order valence-electron chi connectivity index (χ1n) is 10.6. The number of fused-ring (bicyclic) bond motifs is 2. The number of carbonyl (C=O) groups excluding carboxylic acids is 1. The maximum absolute atomic E-state index is 13.5. The Kier molecular flexibility index (Phi) is 5.63. The molecule has 0 radical (unpaired) electrons. The van der Waals surface area contributed by atoms with Gasteiger partial charge in [-0.25, -0.2) is 0 Å². The van der Waals surface area contributed by atoms with Crippen LogP contribution in [0.15, 0.2) is 51.7 Å².